The Bertz CT molecular complexity index is 361. The normalized spacial score (nSPS) is 24.2. The number of aromatic nitrogens is 1. The van der Waals surface area contributed by atoms with E-state index in [1.165, 1.54) is 29.4 Å². The van der Waals surface area contributed by atoms with Crippen LogP contribution in [0.1, 0.15) is 42.1 Å². The molecule has 1 fully saturated rings. The molecule has 17 heavy (non-hydrogen) atoms. The summed E-state index contributed by atoms with van der Waals surface area (Å²) in [6.45, 7) is 7.94. The van der Waals surface area contributed by atoms with Gasteiger partial charge in [-0.05, 0) is 39.5 Å². The highest BCUT2D eigenvalue weighted by molar-refractivity contribution is 7.11. The fourth-order valence-electron chi connectivity index (χ4n) is 2.26. The summed E-state index contributed by atoms with van der Waals surface area (Å²) in [5, 5.41) is 1.28. The van der Waals surface area contributed by atoms with E-state index in [2.05, 4.69) is 48.9 Å². The molecule has 1 aliphatic rings. The topological polar surface area (TPSA) is 19.4 Å². The van der Waals surface area contributed by atoms with Gasteiger partial charge in [-0.3, -0.25) is 4.90 Å². The van der Waals surface area contributed by atoms with Crippen LogP contribution in [0.4, 0.5) is 0 Å². The summed E-state index contributed by atoms with van der Waals surface area (Å²) in [6, 6.07) is 0.472. The maximum atomic E-state index is 4.64. The van der Waals surface area contributed by atoms with E-state index in [1.807, 2.05) is 11.3 Å². The van der Waals surface area contributed by atoms with Crippen LogP contribution in [0.25, 0.3) is 0 Å². The maximum absolute atomic E-state index is 4.64. The Morgan fingerprint density at radius 2 is 2.12 bits per heavy atom. The van der Waals surface area contributed by atoms with E-state index in [1.54, 1.807) is 0 Å². The number of nitrogens with zero attached hydrogens (tertiary/aromatic N) is 3. The van der Waals surface area contributed by atoms with E-state index < -0.39 is 0 Å². The zero-order valence-electron chi connectivity index (χ0n) is 11.3. The fourth-order valence-corrected chi connectivity index (χ4v) is 3.34. The summed E-state index contributed by atoms with van der Waals surface area (Å²) >= 11 is 1.88. The molecule has 0 aliphatic carbocycles. The van der Waals surface area contributed by atoms with Crippen molar-refractivity contribution in [1.29, 1.82) is 0 Å². The van der Waals surface area contributed by atoms with E-state index in [9.17, 15) is 0 Å². The molecular formula is C13H23N3S. The van der Waals surface area contributed by atoms with Crippen LogP contribution in [0.2, 0.25) is 0 Å². The highest BCUT2D eigenvalue weighted by Gasteiger charge is 2.24. The first-order chi connectivity index (χ1) is 8.08. The minimum Gasteiger partial charge on any atom is -0.304 e. The van der Waals surface area contributed by atoms with Crippen molar-refractivity contribution in [3.05, 3.63) is 16.1 Å². The molecule has 1 aromatic rings. The average Bonchev–Trinajstić information content (AvgIpc) is 2.68. The molecule has 0 N–H and O–H groups in total. The molecule has 4 heteroatoms. The van der Waals surface area contributed by atoms with Crippen LogP contribution in [0.15, 0.2) is 6.20 Å². The van der Waals surface area contributed by atoms with Crippen LogP contribution in [-0.4, -0.2) is 48.5 Å². The summed E-state index contributed by atoms with van der Waals surface area (Å²) in [5.41, 5.74) is 0. The molecule has 1 atom stereocenters. The van der Waals surface area contributed by atoms with Gasteiger partial charge in [0, 0.05) is 17.6 Å². The van der Waals surface area contributed by atoms with Crippen LogP contribution >= 0.6 is 11.3 Å². The molecule has 2 rings (SSSR count). The molecule has 0 saturated carbocycles. The second-order valence-electron chi connectivity index (χ2n) is 5.37. The minimum atomic E-state index is 0.472. The van der Waals surface area contributed by atoms with Crippen LogP contribution in [0.5, 0.6) is 0 Å². The van der Waals surface area contributed by atoms with Gasteiger partial charge in [-0.2, -0.15) is 0 Å². The van der Waals surface area contributed by atoms with Gasteiger partial charge in [-0.25, -0.2) is 4.98 Å². The van der Waals surface area contributed by atoms with Crippen LogP contribution in [-0.2, 0) is 0 Å². The molecule has 3 nitrogen and oxygen atoms in total. The van der Waals surface area contributed by atoms with Gasteiger partial charge < -0.3 is 4.90 Å². The van der Waals surface area contributed by atoms with Crippen molar-refractivity contribution in [1.82, 2.24) is 14.8 Å². The Labute approximate surface area is 108 Å². The van der Waals surface area contributed by atoms with Gasteiger partial charge in [0.1, 0.15) is 5.01 Å². The molecule has 0 spiro atoms. The lowest BCUT2D eigenvalue weighted by molar-refractivity contribution is 0.228. The Kier molecular flexibility index (Phi) is 4.17. The standard InChI is InChI=1S/C13H23N3S/c1-10(2)12-8-14-13(17-12)11-9-15(3)6-5-7-16(11)4/h8,10-11H,5-7,9H2,1-4H3. The van der Waals surface area contributed by atoms with Crippen molar-refractivity contribution in [2.24, 2.45) is 0 Å². The Morgan fingerprint density at radius 1 is 1.35 bits per heavy atom. The minimum absolute atomic E-state index is 0.472. The predicted octanol–water partition coefficient (Wildman–Crippen LogP) is 2.57. The Morgan fingerprint density at radius 3 is 2.76 bits per heavy atom. The van der Waals surface area contributed by atoms with Crippen molar-refractivity contribution in [3.63, 3.8) is 0 Å². The Balaban J connectivity index is 2.17. The van der Waals surface area contributed by atoms with Gasteiger partial charge in [-0.1, -0.05) is 13.8 Å². The van der Waals surface area contributed by atoms with E-state index in [-0.39, 0.29) is 0 Å². The molecule has 2 heterocycles. The van der Waals surface area contributed by atoms with Crippen molar-refractivity contribution in [2.75, 3.05) is 33.7 Å². The molecule has 1 unspecified atom stereocenters. The smallest absolute Gasteiger partial charge is 0.111 e. The number of likely N-dealkylation sites (N-methyl/N-ethyl adjacent to an activating group) is 2. The van der Waals surface area contributed by atoms with Crippen molar-refractivity contribution < 1.29 is 0 Å². The average molecular weight is 253 g/mol. The summed E-state index contributed by atoms with van der Waals surface area (Å²) in [4.78, 5) is 10.9. The predicted molar refractivity (Wildman–Crippen MR) is 73.7 cm³/mol. The summed E-state index contributed by atoms with van der Waals surface area (Å²) < 4.78 is 0. The molecule has 1 aliphatic heterocycles. The third-order valence-corrected chi connectivity index (χ3v) is 4.86. The number of hydrogen-bond acceptors (Lipinski definition) is 4. The number of thiazole rings is 1. The van der Waals surface area contributed by atoms with Crippen LogP contribution in [0.3, 0.4) is 0 Å². The first-order valence-electron chi connectivity index (χ1n) is 6.42. The fraction of sp³-hybridized carbons (Fsp3) is 0.769. The summed E-state index contributed by atoms with van der Waals surface area (Å²) in [5.74, 6) is 0.593. The lowest BCUT2D eigenvalue weighted by atomic mass is 10.2. The quantitative estimate of drug-likeness (QED) is 0.807. The maximum Gasteiger partial charge on any atom is 0.111 e. The van der Waals surface area contributed by atoms with Gasteiger partial charge in [0.25, 0.3) is 0 Å². The van der Waals surface area contributed by atoms with Gasteiger partial charge in [0.05, 0.1) is 6.04 Å². The Hall–Kier alpha value is -0.450. The van der Waals surface area contributed by atoms with Crippen molar-refractivity contribution >= 4 is 11.3 Å². The zero-order valence-corrected chi connectivity index (χ0v) is 12.1. The lowest BCUT2D eigenvalue weighted by Gasteiger charge is -2.25. The molecule has 96 valence electrons. The SMILES string of the molecule is CC(C)c1cnc(C2CN(C)CCCN2C)s1. The van der Waals surface area contributed by atoms with Gasteiger partial charge in [0.2, 0.25) is 0 Å². The zero-order chi connectivity index (χ0) is 12.4. The molecule has 0 bridgehead atoms. The first-order valence-corrected chi connectivity index (χ1v) is 7.24. The van der Waals surface area contributed by atoms with Gasteiger partial charge >= 0.3 is 0 Å². The van der Waals surface area contributed by atoms with Crippen LogP contribution < -0.4 is 0 Å². The van der Waals surface area contributed by atoms with E-state index >= 15 is 0 Å². The summed E-state index contributed by atoms with van der Waals surface area (Å²) in [7, 11) is 4.43. The summed E-state index contributed by atoms with van der Waals surface area (Å²) in [6.07, 6.45) is 3.31. The second-order valence-corrected chi connectivity index (χ2v) is 6.46. The highest BCUT2D eigenvalue weighted by atomic mass is 32.1. The first kappa shape index (κ1) is 13.0. The van der Waals surface area contributed by atoms with Crippen molar-refractivity contribution in [3.8, 4) is 0 Å². The van der Waals surface area contributed by atoms with E-state index in [0.717, 1.165) is 6.54 Å². The van der Waals surface area contributed by atoms with E-state index in [4.69, 9.17) is 0 Å². The molecule has 0 amide bonds. The largest absolute Gasteiger partial charge is 0.304 e. The van der Waals surface area contributed by atoms with Crippen LogP contribution in [0, 0.1) is 0 Å². The molecule has 1 aromatic heterocycles. The molecule has 0 aromatic carbocycles. The lowest BCUT2D eigenvalue weighted by Crippen LogP contribution is -2.30. The monoisotopic (exact) mass is 253 g/mol. The van der Waals surface area contributed by atoms with Gasteiger partial charge in [-0.15, -0.1) is 11.3 Å². The third-order valence-electron chi connectivity index (χ3n) is 3.46. The molecule has 0 radical (unpaired) electrons. The molecular weight excluding hydrogens is 230 g/mol. The van der Waals surface area contributed by atoms with E-state index in [0.29, 0.717) is 12.0 Å². The van der Waals surface area contributed by atoms with Gasteiger partial charge in [0.15, 0.2) is 0 Å². The second kappa shape index (κ2) is 5.46. The number of rotatable bonds is 2. The number of hydrogen-bond donors (Lipinski definition) is 0. The van der Waals surface area contributed by atoms with Crippen molar-refractivity contribution in [2.45, 2.75) is 32.2 Å². The highest BCUT2D eigenvalue weighted by Crippen LogP contribution is 2.30. The molecule has 1 saturated heterocycles. The third kappa shape index (κ3) is 3.06.